The standard InChI is InChI=1S/C22H26O18/c1-36-15(31)3-2-9-4-14(37-19(32)10(27)5-23)17(39-21(34)12(29)7-25)18(40-22(35)13(30)8-26)16(9)38-20(33)11(28)6-24/h2-4,10-13,23-30H,5-8H2,1H3. The Kier molecular flexibility index (Phi) is 13.8. The zero-order valence-electron chi connectivity index (χ0n) is 20.5. The average molecular weight is 578 g/mol. The topological polar surface area (TPSA) is 293 Å². The SMILES string of the molecule is COC(=O)C=Cc1cc(OC(=O)C(O)CO)c(OC(=O)C(O)CO)c(OC(=O)C(O)CO)c1OC(=O)C(O)CO. The van der Waals surface area contributed by atoms with Gasteiger partial charge in [-0.05, 0) is 12.1 Å². The number of hydrogen-bond donors (Lipinski definition) is 8. The van der Waals surface area contributed by atoms with Crippen LogP contribution in [0.15, 0.2) is 12.1 Å². The van der Waals surface area contributed by atoms with Crippen molar-refractivity contribution in [3.05, 3.63) is 17.7 Å². The van der Waals surface area contributed by atoms with Crippen LogP contribution in [-0.4, -0.2) is 129 Å². The predicted octanol–water partition coefficient (Wildman–Crippen LogP) is -5.09. The van der Waals surface area contributed by atoms with E-state index in [1.54, 1.807) is 0 Å². The van der Waals surface area contributed by atoms with Gasteiger partial charge in [0, 0.05) is 11.6 Å². The molecule has 18 heteroatoms. The first-order chi connectivity index (χ1) is 18.8. The Morgan fingerprint density at radius 1 is 0.650 bits per heavy atom. The Balaban J connectivity index is 4.12. The maximum Gasteiger partial charge on any atom is 0.343 e. The van der Waals surface area contributed by atoms with Gasteiger partial charge >= 0.3 is 29.8 Å². The molecule has 8 N–H and O–H groups in total. The first-order valence-corrected chi connectivity index (χ1v) is 10.8. The Labute approximate surface area is 223 Å². The van der Waals surface area contributed by atoms with Crippen molar-refractivity contribution in [3.8, 4) is 23.0 Å². The fourth-order valence-corrected chi connectivity index (χ4v) is 2.32. The van der Waals surface area contributed by atoms with Gasteiger partial charge in [0.15, 0.2) is 35.9 Å². The second-order valence-electron chi connectivity index (χ2n) is 7.29. The number of carbonyl (C=O) groups excluding carboxylic acids is 5. The van der Waals surface area contributed by atoms with Crippen LogP contribution in [0.5, 0.6) is 23.0 Å². The summed E-state index contributed by atoms with van der Waals surface area (Å²) >= 11 is 0. The van der Waals surface area contributed by atoms with Gasteiger partial charge in [0.1, 0.15) is 0 Å². The van der Waals surface area contributed by atoms with Crippen LogP contribution in [0.3, 0.4) is 0 Å². The van der Waals surface area contributed by atoms with E-state index in [0.717, 1.165) is 13.2 Å². The summed E-state index contributed by atoms with van der Waals surface area (Å²) in [5.74, 6) is -12.0. The molecule has 4 atom stereocenters. The van der Waals surface area contributed by atoms with E-state index in [1.807, 2.05) is 0 Å². The zero-order valence-corrected chi connectivity index (χ0v) is 20.5. The lowest BCUT2D eigenvalue weighted by atomic mass is 10.1. The molecule has 0 aliphatic rings. The molecule has 0 bridgehead atoms. The highest BCUT2D eigenvalue weighted by Crippen LogP contribution is 2.48. The summed E-state index contributed by atoms with van der Waals surface area (Å²) in [5.41, 5.74) is -0.547. The van der Waals surface area contributed by atoms with E-state index in [9.17, 15) is 44.4 Å². The van der Waals surface area contributed by atoms with Gasteiger partial charge in [-0.3, -0.25) is 0 Å². The lowest BCUT2D eigenvalue weighted by Gasteiger charge is -2.21. The smallest absolute Gasteiger partial charge is 0.343 e. The van der Waals surface area contributed by atoms with E-state index in [0.29, 0.717) is 12.1 Å². The third kappa shape index (κ3) is 9.32. The number of aliphatic hydroxyl groups is 8. The second kappa shape index (κ2) is 16.2. The van der Waals surface area contributed by atoms with Gasteiger partial charge in [-0.25, -0.2) is 24.0 Å². The minimum atomic E-state index is -2.27. The van der Waals surface area contributed by atoms with E-state index in [4.69, 9.17) is 39.4 Å². The number of benzene rings is 1. The molecular formula is C22H26O18. The van der Waals surface area contributed by atoms with Crippen LogP contribution in [-0.2, 0) is 28.7 Å². The second-order valence-corrected chi connectivity index (χ2v) is 7.29. The average Bonchev–Trinajstić information content (AvgIpc) is 2.96. The Hall–Kier alpha value is -4.01. The molecule has 40 heavy (non-hydrogen) atoms. The molecule has 0 radical (unpaired) electrons. The molecule has 0 spiro atoms. The van der Waals surface area contributed by atoms with E-state index >= 15 is 0 Å². The van der Waals surface area contributed by atoms with Gasteiger partial charge < -0.3 is 64.5 Å². The predicted molar refractivity (Wildman–Crippen MR) is 122 cm³/mol. The highest BCUT2D eigenvalue weighted by atomic mass is 16.6. The quantitative estimate of drug-likeness (QED) is 0.0581. The first-order valence-electron chi connectivity index (χ1n) is 10.8. The maximum absolute atomic E-state index is 12.3. The summed E-state index contributed by atoms with van der Waals surface area (Å²) in [6.07, 6.45) is -7.41. The first kappa shape index (κ1) is 34.0. The molecule has 0 saturated heterocycles. The summed E-state index contributed by atoms with van der Waals surface area (Å²) in [4.78, 5) is 60.8. The van der Waals surface area contributed by atoms with Crippen molar-refractivity contribution in [2.24, 2.45) is 0 Å². The molecule has 0 fully saturated rings. The normalized spacial score (nSPS) is 14.0. The fourth-order valence-electron chi connectivity index (χ4n) is 2.32. The minimum absolute atomic E-state index is 0.547. The zero-order chi connectivity index (χ0) is 30.6. The molecule has 0 aliphatic carbocycles. The van der Waals surface area contributed by atoms with Crippen LogP contribution in [0.25, 0.3) is 6.08 Å². The number of methoxy groups -OCH3 is 1. The van der Waals surface area contributed by atoms with Crippen LogP contribution in [0.2, 0.25) is 0 Å². The van der Waals surface area contributed by atoms with Crippen molar-refractivity contribution in [1.82, 2.24) is 0 Å². The summed E-state index contributed by atoms with van der Waals surface area (Å²) in [7, 11) is 0.979. The Morgan fingerprint density at radius 3 is 1.43 bits per heavy atom. The molecule has 4 unspecified atom stereocenters. The van der Waals surface area contributed by atoms with E-state index in [2.05, 4.69) is 4.74 Å². The van der Waals surface area contributed by atoms with E-state index < -0.39 is 109 Å². The van der Waals surface area contributed by atoms with Crippen LogP contribution < -0.4 is 18.9 Å². The van der Waals surface area contributed by atoms with Gasteiger partial charge in [0.05, 0.1) is 33.5 Å². The number of aliphatic hydroxyl groups excluding tert-OH is 8. The van der Waals surface area contributed by atoms with Crippen molar-refractivity contribution >= 4 is 35.9 Å². The Morgan fingerprint density at radius 2 is 1.02 bits per heavy atom. The van der Waals surface area contributed by atoms with Crippen molar-refractivity contribution in [1.29, 1.82) is 0 Å². The van der Waals surface area contributed by atoms with Gasteiger partial charge in [0.2, 0.25) is 11.5 Å². The number of hydrogen-bond acceptors (Lipinski definition) is 18. The lowest BCUT2D eigenvalue weighted by Crippen LogP contribution is -2.33. The largest absolute Gasteiger partial charge is 0.466 e. The van der Waals surface area contributed by atoms with Crippen LogP contribution in [0.1, 0.15) is 5.56 Å². The number of carbonyl (C=O) groups is 5. The lowest BCUT2D eigenvalue weighted by molar-refractivity contribution is -0.150. The summed E-state index contributed by atoms with van der Waals surface area (Å²) in [6.45, 7) is -4.77. The molecule has 0 amide bonds. The molecule has 0 heterocycles. The number of ether oxygens (including phenoxy) is 5. The van der Waals surface area contributed by atoms with Crippen LogP contribution >= 0.6 is 0 Å². The molecule has 0 aromatic heterocycles. The molecule has 0 aliphatic heterocycles. The molecule has 1 rings (SSSR count). The molecule has 1 aromatic rings. The van der Waals surface area contributed by atoms with Crippen molar-refractivity contribution < 1.29 is 88.5 Å². The monoisotopic (exact) mass is 578 g/mol. The summed E-state index contributed by atoms with van der Waals surface area (Å²) in [6, 6.07) is 0.684. The van der Waals surface area contributed by atoms with Gasteiger partial charge in [0.25, 0.3) is 0 Å². The molecule has 0 saturated carbocycles. The van der Waals surface area contributed by atoms with Gasteiger partial charge in [-0.2, -0.15) is 0 Å². The molecular weight excluding hydrogens is 552 g/mol. The van der Waals surface area contributed by atoms with Gasteiger partial charge in [-0.1, -0.05) is 0 Å². The number of rotatable bonds is 14. The third-order valence-electron chi connectivity index (χ3n) is 4.38. The van der Waals surface area contributed by atoms with E-state index in [1.165, 1.54) is 0 Å². The van der Waals surface area contributed by atoms with Crippen molar-refractivity contribution in [3.63, 3.8) is 0 Å². The fraction of sp³-hybridized carbons (Fsp3) is 0.409. The highest BCUT2D eigenvalue weighted by molar-refractivity contribution is 5.91. The van der Waals surface area contributed by atoms with Crippen molar-refractivity contribution in [2.75, 3.05) is 33.5 Å². The molecule has 222 valence electrons. The Bertz CT molecular complexity index is 1110. The van der Waals surface area contributed by atoms with Gasteiger partial charge in [-0.15, -0.1) is 0 Å². The molecule has 18 nitrogen and oxygen atoms in total. The molecule has 1 aromatic carbocycles. The highest BCUT2D eigenvalue weighted by Gasteiger charge is 2.33. The maximum atomic E-state index is 12.3. The third-order valence-corrected chi connectivity index (χ3v) is 4.38. The van der Waals surface area contributed by atoms with Crippen LogP contribution in [0, 0.1) is 0 Å². The summed E-state index contributed by atoms with van der Waals surface area (Å²) in [5, 5.41) is 74.8. The van der Waals surface area contributed by atoms with Crippen molar-refractivity contribution in [2.45, 2.75) is 24.4 Å². The number of esters is 5. The summed E-state index contributed by atoms with van der Waals surface area (Å²) < 4.78 is 24.0. The van der Waals surface area contributed by atoms with Crippen LogP contribution in [0.4, 0.5) is 0 Å². The van der Waals surface area contributed by atoms with E-state index in [-0.39, 0.29) is 0 Å². The minimum Gasteiger partial charge on any atom is -0.466 e.